The van der Waals surface area contributed by atoms with Crippen molar-refractivity contribution in [3.05, 3.63) is 11.6 Å². The molecule has 0 radical (unpaired) electrons. The Morgan fingerprint density at radius 3 is 2.11 bits per heavy atom. The Kier molecular flexibility index (Phi) is 6.93. The van der Waals surface area contributed by atoms with E-state index in [1.807, 2.05) is 13.8 Å². The second-order valence-electron chi connectivity index (χ2n) is 15.1. The van der Waals surface area contributed by atoms with Crippen LogP contribution in [0.1, 0.15) is 120 Å². The third kappa shape index (κ3) is 3.80. The van der Waals surface area contributed by atoms with Crippen LogP contribution < -0.4 is 0 Å². The van der Waals surface area contributed by atoms with Crippen LogP contribution in [0.5, 0.6) is 0 Å². The van der Waals surface area contributed by atoms with Gasteiger partial charge in [0.15, 0.2) is 5.34 Å². The van der Waals surface area contributed by atoms with Gasteiger partial charge in [-0.2, -0.15) is 0 Å². The van der Waals surface area contributed by atoms with Gasteiger partial charge in [0.05, 0.1) is 5.60 Å². The van der Waals surface area contributed by atoms with Gasteiger partial charge in [0, 0.05) is 5.41 Å². The molecule has 0 bridgehead atoms. The van der Waals surface area contributed by atoms with E-state index in [-0.39, 0.29) is 28.6 Å². The van der Waals surface area contributed by atoms with Gasteiger partial charge in [-0.3, -0.25) is 4.57 Å². The highest BCUT2D eigenvalue weighted by molar-refractivity contribution is 7.53. The lowest BCUT2D eigenvalue weighted by molar-refractivity contribution is -0.235. The first kappa shape index (κ1) is 28.8. The summed E-state index contributed by atoms with van der Waals surface area (Å²) in [4.78, 5) is 20.4. The van der Waals surface area contributed by atoms with Crippen molar-refractivity contribution in [3.63, 3.8) is 0 Å². The largest absolute Gasteiger partial charge is 0.390 e. The summed E-state index contributed by atoms with van der Waals surface area (Å²) >= 11 is 0. The second kappa shape index (κ2) is 8.65. The first-order valence-electron chi connectivity index (χ1n) is 14.4. The lowest BCUT2D eigenvalue weighted by Crippen LogP contribution is -2.66. The minimum Gasteiger partial charge on any atom is -0.390 e. The molecule has 36 heavy (non-hydrogen) atoms. The van der Waals surface area contributed by atoms with Crippen LogP contribution in [0.25, 0.3) is 0 Å². The summed E-state index contributed by atoms with van der Waals surface area (Å²) < 4.78 is 12.5. The van der Waals surface area contributed by atoms with Gasteiger partial charge >= 0.3 is 7.60 Å². The van der Waals surface area contributed by atoms with Gasteiger partial charge in [0.2, 0.25) is 0 Å². The van der Waals surface area contributed by atoms with Crippen molar-refractivity contribution in [1.29, 1.82) is 0 Å². The smallest absolute Gasteiger partial charge is 0.357 e. The van der Waals surface area contributed by atoms with Gasteiger partial charge in [-0.25, -0.2) is 0 Å². The van der Waals surface area contributed by atoms with Crippen LogP contribution in [-0.4, -0.2) is 30.9 Å². The number of aliphatic hydroxyl groups is 2. The van der Waals surface area contributed by atoms with Crippen LogP contribution in [0.4, 0.5) is 0 Å². The van der Waals surface area contributed by atoms with E-state index in [0.717, 1.165) is 51.4 Å². The predicted molar refractivity (Wildman–Crippen MR) is 145 cm³/mol. The minimum absolute atomic E-state index is 0.0596. The van der Waals surface area contributed by atoms with Crippen molar-refractivity contribution in [1.82, 2.24) is 0 Å². The van der Waals surface area contributed by atoms with Crippen LogP contribution in [-0.2, 0) is 4.57 Å². The highest BCUT2D eigenvalue weighted by Gasteiger charge is 2.73. The van der Waals surface area contributed by atoms with E-state index in [4.69, 9.17) is 0 Å². The maximum Gasteiger partial charge on any atom is 0.357 e. The molecule has 4 aliphatic carbocycles. The van der Waals surface area contributed by atoms with E-state index >= 15 is 0 Å². The summed E-state index contributed by atoms with van der Waals surface area (Å²) in [5.74, 6) is 1.35. The summed E-state index contributed by atoms with van der Waals surface area (Å²) in [6, 6.07) is 0. The van der Waals surface area contributed by atoms with Gasteiger partial charge in [0.25, 0.3) is 0 Å². The molecule has 0 aromatic carbocycles. The molecule has 4 aliphatic rings. The van der Waals surface area contributed by atoms with E-state index in [9.17, 15) is 24.6 Å². The third-order valence-electron chi connectivity index (χ3n) is 13.1. The third-order valence-corrected chi connectivity index (χ3v) is 14.8. The molecule has 208 valence electrons. The van der Waals surface area contributed by atoms with E-state index in [1.165, 1.54) is 5.57 Å². The Morgan fingerprint density at radius 2 is 1.53 bits per heavy atom. The van der Waals surface area contributed by atoms with Gasteiger partial charge < -0.3 is 20.0 Å². The van der Waals surface area contributed by atoms with Gasteiger partial charge in [-0.15, -0.1) is 0 Å². The fourth-order valence-corrected chi connectivity index (χ4v) is 12.1. The molecule has 4 fully saturated rings. The van der Waals surface area contributed by atoms with E-state index in [1.54, 1.807) is 0 Å². The van der Waals surface area contributed by atoms with E-state index < -0.39 is 24.0 Å². The van der Waals surface area contributed by atoms with Gasteiger partial charge in [-0.1, -0.05) is 46.3 Å². The molecule has 2 unspecified atom stereocenters. The molecule has 9 atom stereocenters. The van der Waals surface area contributed by atoms with Crippen molar-refractivity contribution in [3.8, 4) is 0 Å². The van der Waals surface area contributed by atoms with E-state index in [0.29, 0.717) is 24.2 Å². The lowest BCUT2D eigenvalue weighted by atomic mass is 9.35. The van der Waals surface area contributed by atoms with Crippen LogP contribution in [0.3, 0.4) is 0 Å². The second-order valence-corrected chi connectivity index (χ2v) is 16.9. The number of allylic oxidation sites excluding steroid dienone is 2. The topological polar surface area (TPSA) is 98.0 Å². The summed E-state index contributed by atoms with van der Waals surface area (Å²) in [6.45, 7) is 17.5. The van der Waals surface area contributed by atoms with Crippen molar-refractivity contribution in [2.24, 2.45) is 45.3 Å². The fraction of sp³-hybridized carbons (Fsp3) is 0.933. The zero-order valence-electron chi connectivity index (χ0n) is 24.1. The van der Waals surface area contributed by atoms with Crippen molar-refractivity contribution >= 4 is 7.60 Å². The number of hydrogen-bond acceptors (Lipinski definition) is 3. The van der Waals surface area contributed by atoms with Crippen LogP contribution in [0.15, 0.2) is 11.6 Å². The molecule has 0 spiro atoms. The summed E-state index contributed by atoms with van der Waals surface area (Å²) in [5, 5.41) is 21.1. The summed E-state index contributed by atoms with van der Waals surface area (Å²) in [7, 11) is -4.67. The molecular formula is C30H53O5P. The molecule has 4 N–H and O–H groups in total. The summed E-state index contributed by atoms with van der Waals surface area (Å²) in [5.41, 5.74) is 0.00307. The normalized spacial score (nSPS) is 47.8. The summed E-state index contributed by atoms with van der Waals surface area (Å²) in [6.07, 6.45) is 11.2. The highest BCUT2D eigenvalue weighted by Crippen LogP contribution is 2.78. The first-order chi connectivity index (χ1) is 16.3. The Morgan fingerprint density at radius 1 is 0.917 bits per heavy atom. The average Bonchev–Trinajstić information content (AvgIpc) is 3.09. The fourth-order valence-electron chi connectivity index (χ4n) is 10.8. The van der Waals surface area contributed by atoms with Crippen LogP contribution in [0, 0.1) is 45.3 Å². The standard InChI is InChI=1S/C30H53O5P/c1-20(2)10-9-15-29(8,31)22-13-16-27(6)21(22)11-12-24-26(5)18-19-30(32,36(33,34)35)25(3,4)23(26)14-17-28(24,27)7/h10,21-24,31-32H,9,11-19H2,1-8H3,(H2,33,34,35)/t21-,22+,23?,24-,26+,27+,28-,29+,30?/m1/s1. The van der Waals surface area contributed by atoms with Crippen molar-refractivity contribution < 1.29 is 24.6 Å². The van der Waals surface area contributed by atoms with Crippen LogP contribution in [0.2, 0.25) is 0 Å². The molecule has 0 saturated heterocycles. The Balaban J connectivity index is 1.64. The Labute approximate surface area is 219 Å². The minimum atomic E-state index is -4.67. The maximum atomic E-state index is 12.5. The van der Waals surface area contributed by atoms with Gasteiger partial charge in [-0.05, 0) is 125 Å². The highest BCUT2D eigenvalue weighted by atomic mass is 31.2. The molecule has 0 heterocycles. The molecule has 0 aromatic heterocycles. The molecule has 0 aliphatic heterocycles. The monoisotopic (exact) mass is 524 g/mol. The molecule has 4 rings (SSSR count). The van der Waals surface area contributed by atoms with Crippen molar-refractivity contribution in [2.45, 2.75) is 131 Å². The Hall–Kier alpha value is -0.190. The van der Waals surface area contributed by atoms with Crippen LogP contribution >= 0.6 is 7.60 Å². The predicted octanol–water partition coefficient (Wildman–Crippen LogP) is 7.04. The molecule has 6 heteroatoms. The number of hydrogen-bond donors (Lipinski definition) is 4. The zero-order chi connectivity index (χ0) is 27.2. The number of rotatable bonds is 5. The molecule has 0 amide bonds. The molecule has 0 aromatic rings. The molecule has 4 saturated carbocycles. The van der Waals surface area contributed by atoms with Crippen molar-refractivity contribution in [2.75, 3.05) is 0 Å². The van der Waals surface area contributed by atoms with Gasteiger partial charge in [0.1, 0.15) is 0 Å². The lowest BCUT2D eigenvalue weighted by Gasteiger charge is -2.71. The molecule has 5 nitrogen and oxygen atoms in total. The maximum absolute atomic E-state index is 12.5. The zero-order valence-corrected chi connectivity index (χ0v) is 25.0. The average molecular weight is 525 g/mol. The first-order valence-corrected chi connectivity index (χ1v) is 16.0. The van der Waals surface area contributed by atoms with E-state index in [2.05, 4.69) is 47.6 Å². The Bertz CT molecular complexity index is 947. The SMILES string of the molecule is CC(C)=CCC[C@](C)(O)[C@H]1CC[C@@]2(C)[C@@H]1CC[C@@H]1[C@@]3(C)CCC(O)(P(=O)(O)O)C(C)(C)C3CC[C@]12C. The quantitative estimate of drug-likeness (QED) is 0.228. The molecular weight excluding hydrogens is 471 g/mol. The number of fused-ring (bicyclic) bond motifs is 5.